The summed E-state index contributed by atoms with van der Waals surface area (Å²) in [6, 6.07) is 7.21. The second-order valence-corrected chi connectivity index (χ2v) is 3.62. The molecule has 0 saturated carbocycles. The summed E-state index contributed by atoms with van der Waals surface area (Å²) in [7, 11) is 0. The van der Waals surface area contributed by atoms with Crippen molar-refractivity contribution < 1.29 is 4.39 Å². The van der Waals surface area contributed by atoms with Gasteiger partial charge in [-0.05, 0) is 35.4 Å². The topological polar surface area (TPSA) is 51.8 Å². The second-order valence-electron chi connectivity index (χ2n) is 3.28. The Kier molecular flexibility index (Phi) is 3.12. The van der Waals surface area contributed by atoms with Gasteiger partial charge in [0.25, 0.3) is 0 Å². The van der Waals surface area contributed by atoms with Gasteiger partial charge in [-0.25, -0.2) is 14.4 Å². The van der Waals surface area contributed by atoms with Crippen LogP contribution in [0, 0.1) is 5.82 Å². The molecule has 0 fully saturated rings. The highest BCUT2D eigenvalue weighted by Crippen LogP contribution is 2.18. The van der Waals surface area contributed by atoms with Gasteiger partial charge in [-0.2, -0.15) is 0 Å². The van der Waals surface area contributed by atoms with Crippen molar-refractivity contribution in [3.05, 3.63) is 58.9 Å². The van der Waals surface area contributed by atoms with Crippen LogP contribution >= 0.6 is 11.6 Å². The molecule has 1 unspecified atom stereocenters. The van der Waals surface area contributed by atoms with Crippen molar-refractivity contribution in [1.82, 2.24) is 9.97 Å². The third kappa shape index (κ3) is 2.35. The van der Waals surface area contributed by atoms with Crippen LogP contribution in [0.4, 0.5) is 4.39 Å². The molecule has 0 aliphatic carbocycles. The van der Waals surface area contributed by atoms with E-state index in [0.717, 1.165) is 5.56 Å². The summed E-state index contributed by atoms with van der Waals surface area (Å²) in [6.07, 6.45) is 1.54. The molecule has 0 spiro atoms. The molecule has 0 radical (unpaired) electrons. The number of hydrogen-bond acceptors (Lipinski definition) is 3. The smallest absolute Gasteiger partial charge is 0.222 e. The summed E-state index contributed by atoms with van der Waals surface area (Å²) >= 11 is 5.66. The largest absolute Gasteiger partial charge is 0.319 e. The molecule has 82 valence electrons. The lowest BCUT2D eigenvalue weighted by Gasteiger charge is -2.11. The van der Waals surface area contributed by atoms with E-state index in [4.69, 9.17) is 17.3 Å². The summed E-state index contributed by atoms with van der Waals surface area (Å²) in [5.74, 6) is -0.295. The maximum Gasteiger partial charge on any atom is 0.222 e. The number of nitrogens with two attached hydrogens (primary N) is 1. The molecule has 3 nitrogen and oxygen atoms in total. The van der Waals surface area contributed by atoms with Gasteiger partial charge < -0.3 is 5.73 Å². The molecule has 1 aromatic heterocycles. The molecule has 16 heavy (non-hydrogen) atoms. The van der Waals surface area contributed by atoms with Crippen LogP contribution in [0.25, 0.3) is 0 Å². The highest BCUT2D eigenvalue weighted by molar-refractivity contribution is 6.28. The Labute approximate surface area is 97.1 Å². The van der Waals surface area contributed by atoms with Gasteiger partial charge in [0.15, 0.2) is 0 Å². The Hall–Kier alpha value is -1.52. The lowest BCUT2D eigenvalue weighted by atomic mass is 10.0. The standard InChI is InChI=1S/C11H9ClFN3/c12-11-15-6-5-9(16-11)10(14)7-1-3-8(13)4-2-7/h1-6,10H,14H2. The number of hydrogen-bond donors (Lipinski definition) is 1. The van der Waals surface area contributed by atoms with E-state index in [1.54, 1.807) is 18.2 Å². The van der Waals surface area contributed by atoms with E-state index in [1.165, 1.54) is 18.3 Å². The Balaban J connectivity index is 2.31. The normalized spacial score (nSPS) is 12.4. The molecule has 5 heteroatoms. The van der Waals surface area contributed by atoms with Gasteiger partial charge in [0.05, 0.1) is 11.7 Å². The Morgan fingerprint density at radius 2 is 1.88 bits per heavy atom. The van der Waals surface area contributed by atoms with Crippen LogP contribution < -0.4 is 5.73 Å². The van der Waals surface area contributed by atoms with Crippen LogP contribution in [0.3, 0.4) is 0 Å². The first kappa shape index (κ1) is 11.0. The Morgan fingerprint density at radius 3 is 2.50 bits per heavy atom. The predicted molar refractivity (Wildman–Crippen MR) is 59.5 cm³/mol. The van der Waals surface area contributed by atoms with Gasteiger partial charge in [0.2, 0.25) is 5.28 Å². The van der Waals surface area contributed by atoms with Crippen LogP contribution in [0.2, 0.25) is 5.28 Å². The van der Waals surface area contributed by atoms with Crippen molar-refractivity contribution in [1.29, 1.82) is 0 Å². The van der Waals surface area contributed by atoms with Crippen molar-refractivity contribution in [3.8, 4) is 0 Å². The van der Waals surface area contributed by atoms with Crippen LogP contribution in [0.1, 0.15) is 17.3 Å². The average molecular weight is 238 g/mol. The fourth-order valence-electron chi connectivity index (χ4n) is 1.36. The molecule has 2 rings (SSSR count). The van der Waals surface area contributed by atoms with Crippen LogP contribution in [-0.4, -0.2) is 9.97 Å². The fourth-order valence-corrected chi connectivity index (χ4v) is 1.52. The summed E-state index contributed by atoms with van der Waals surface area (Å²) in [4.78, 5) is 7.78. The van der Waals surface area contributed by atoms with Gasteiger partial charge in [-0.3, -0.25) is 0 Å². The molecule has 1 aromatic carbocycles. The number of rotatable bonds is 2. The lowest BCUT2D eigenvalue weighted by Crippen LogP contribution is -2.13. The van der Waals surface area contributed by atoms with Crippen LogP contribution in [-0.2, 0) is 0 Å². The van der Waals surface area contributed by atoms with Gasteiger partial charge in [-0.15, -0.1) is 0 Å². The van der Waals surface area contributed by atoms with Gasteiger partial charge in [0, 0.05) is 6.20 Å². The molecule has 0 saturated heterocycles. The first-order valence-corrected chi connectivity index (χ1v) is 5.04. The van der Waals surface area contributed by atoms with E-state index in [9.17, 15) is 4.39 Å². The maximum atomic E-state index is 12.7. The van der Waals surface area contributed by atoms with Crippen molar-refractivity contribution in [3.63, 3.8) is 0 Å². The third-order valence-electron chi connectivity index (χ3n) is 2.20. The van der Waals surface area contributed by atoms with Crippen LogP contribution in [0.15, 0.2) is 36.5 Å². The molecular formula is C11H9ClFN3. The number of benzene rings is 1. The van der Waals surface area contributed by atoms with E-state index in [0.29, 0.717) is 5.69 Å². The minimum Gasteiger partial charge on any atom is -0.319 e. The zero-order valence-corrected chi connectivity index (χ0v) is 9.03. The van der Waals surface area contributed by atoms with Crippen molar-refractivity contribution in [2.75, 3.05) is 0 Å². The van der Waals surface area contributed by atoms with Gasteiger partial charge in [0.1, 0.15) is 5.82 Å². The monoisotopic (exact) mass is 237 g/mol. The first-order valence-electron chi connectivity index (χ1n) is 4.66. The van der Waals surface area contributed by atoms with Gasteiger partial charge in [-0.1, -0.05) is 12.1 Å². The Bertz CT molecular complexity index is 487. The van der Waals surface area contributed by atoms with Gasteiger partial charge >= 0.3 is 0 Å². The number of halogens is 2. The molecular weight excluding hydrogens is 229 g/mol. The minimum absolute atomic E-state index is 0.148. The summed E-state index contributed by atoms with van der Waals surface area (Å²) < 4.78 is 12.7. The quantitative estimate of drug-likeness (QED) is 0.816. The summed E-state index contributed by atoms with van der Waals surface area (Å²) in [5, 5.41) is 0.148. The van der Waals surface area contributed by atoms with E-state index in [-0.39, 0.29) is 11.1 Å². The second kappa shape index (κ2) is 4.55. The molecule has 2 aromatic rings. The van der Waals surface area contributed by atoms with E-state index in [1.807, 2.05) is 0 Å². The SMILES string of the molecule is NC(c1ccc(F)cc1)c1ccnc(Cl)n1. The first-order chi connectivity index (χ1) is 7.66. The summed E-state index contributed by atoms with van der Waals surface area (Å²) in [5.41, 5.74) is 7.34. The molecule has 1 atom stereocenters. The molecule has 1 heterocycles. The zero-order chi connectivity index (χ0) is 11.5. The van der Waals surface area contributed by atoms with Crippen molar-refractivity contribution >= 4 is 11.6 Å². The number of nitrogens with zero attached hydrogens (tertiary/aromatic N) is 2. The highest BCUT2D eigenvalue weighted by atomic mass is 35.5. The minimum atomic E-state index is -0.430. The van der Waals surface area contributed by atoms with E-state index >= 15 is 0 Å². The van der Waals surface area contributed by atoms with Crippen molar-refractivity contribution in [2.24, 2.45) is 5.73 Å². The Morgan fingerprint density at radius 1 is 1.19 bits per heavy atom. The molecule has 0 amide bonds. The zero-order valence-electron chi connectivity index (χ0n) is 8.27. The fraction of sp³-hybridized carbons (Fsp3) is 0.0909. The van der Waals surface area contributed by atoms with E-state index in [2.05, 4.69) is 9.97 Å². The highest BCUT2D eigenvalue weighted by Gasteiger charge is 2.10. The lowest BCUT2D eigenvalue weighted by molar-refractivity contribution is 0.626. The molecule has 0 bridgehead atoms. The number of aromatic nitrogens is 2. The summed E-state index contributed by atoms with van der Waals surface area (Å²) in [6.45, 7) is 0. The predicted octanol–water partition coefficient (Wildman–Crippen LogP) is 2.32. The van der Waals surface area contributed by atoms with Crippen molar-refractivity contribution in [2.45, 2.75) is 6.04 Å². The van der Waals surface area contributed by atoms with Crippen LogP contribution in [0.5, 0.6) is 0 Å². The average Bonchev–Trinajstić information content (AvgIpc) is 2.29. The molecule has 2 N–H and O–H groups in total. The molecule has 0 aliphatic heterocycles. The third-order valence-corrected chi connectivity index (χ3v) is 2.38. The van der Waals surface area contributed by atoms with E-state index < -0.39 is 6.04 Å². The molecule has 0 aliphatic rings. The maximum absolute atomic E-state index is 12.7.